The number of rotatable bonds is 6. The Morgan fingerprint density at radius 3 is 2.80 bits per heavy atom. The van der Waals surface area contributed by atoms with Gasteiger partial charge in [-0.15, -0.1) is 12.4 Å². The van der Waals surface area contributed by atoms with E-state index in [2.05, 4.69) is 26.1 Å². The zero-order valence-electron chi connectivity index (χ0n) is 13.5. The summed E-state index contributed by atoms with van der Waals surface area (Å²) >= 11 is 0. The predicted octanol–water partition coefficient (Wildman–Crippen LogP) is 1.04. The van der Waals surface area contributed by atoms with Gasteiger partial charge in [-0.3, -0.25) is 9.59 Å². The van der Waals surface area contributed by atoms with Gasteiger partial charge < -0.3 is 20.5 Å². The second-order valence-corrected chi connectivity index (χ2v) is 5.56. The highest BCUT2D eigenvalue weighted by Gasteiger charge is 2.22. The van der Waals surface area contributed by atoms with Crippen molar-refractivity contribution < 1.29 is 14.1 Å². The molecule has 3 rings (SSSR count). The Morgan fingerprint density at radius 2 is 2.08 bits per heavy atom. The smallest absolute Gasteiger partial charge is 0.246 e. The van der Waals surface area contributed by atoms with Gasteiger partial charge in [0.15, 0.2) is 5.82 Å². The summed E-state index contributed by atoms with van der Waals surface area (Å²) in [5, 5.41) is 12.4. The fourth-order valence-corrected chi connectivity index (χ4v) is 2.50. The molecular weight excluding hydrogens is 346 g/mol. The molecule has 1 aromatic carbocycles. The first-order valence-corrected chi connectivity index (χ1v) is 7.88. The Kier molecular flexibility index (Phi) is 6.91. The van der Waals surface area contributed by atoms with Gasteiger partial charge >= 0.3 is 0 Å². The van der Waals surface area contributed by atoms with Crippen molar-refractivity contribution in [2.75, 3.05) is 11.9 Å². The van der Waals surface area contributed by atoms with E-state index in [1.54, 1.807) is 12.1 Å². The summed E-state index contributed by atoms with van der Waals surface area (Å²) in [6.07, 6.45) is 1.84. The summed E-state index contributed by atoms with van der Waals surface area (Å²) in [6, 6.07) is 8.99. The normalized spacial score (nSPS) is 16.1. The van der Waals surface area contributed by atoms with Gasteiger partial charge in [-0.05, 0) is 31.5 Å². The Bertz CT molecular complexity index is 701. The number of amides is 2. The van der Waals surface area contributed by atoms with Crippen molar-refractivity contribution in [3.05, 3.63) is 42.0 Å². The lowest BCUT2D eigenvalue weighted by atomic mass is 10.2. The van der Waals surface area contributed by atoms with E-state index in [9.17, 15) is 9.59 Å². The van der Waals surface area contributed by atoms with Crippen LogP contribution in [0.25, 0.3) is 0 Å². The molecule has 2 aromatic rings. The first-order valence-electron chi connectivity index (χ1n) is 7.88. The van der Waals surface area contributed by atoms with Crippen LogP contribution in [0.15, 0.2) is 34.9 Å². The van der Waals surface area contributed by atoms with Crippen LogP contribution >= 0.6 is 12.4 Å². The van der Waals surface area contributed by atoms with Crippen LogP contribution in [0, 0.1) is 0 Å². The highest BCUT2D eigenvalue weighted by molar-refractivity contribution is 5.91. The number of benzene rings is 1. The van der Waals surface area contributed by atoms with Gasteiger partial charge in [0.05, 0.1) is 19.0 Å². The summed E-state index contributed by atoms with van der Waals surface area (Å²) in [6.45, 7) is 1.02. The molecule has 0 aliphatic carbocycles. The van der Waals surface area contributed by atoms with Gasteiger partial charge in [0.1, 0.15) is 0 Å². The minimum absolute atomic E-state index is 0. The molecule has 2 heterocycles. The molecule has 0 spiro atoms. The van der Waals surface area contributed by atoms with Gasteiger partial charge in [-0.25, -0.2) is 0 Å². The number of para-hydroxylation sites is 1. The molecule has 2 amide bonds. The Hall–Kier alpha value is -2.45. The number of anilines is 1. The van der Waals surface area contributed by atoms with Crippen LogP contribution < -0.4 is 16.0 Å². The fraction of sp³-hybridized carbons (Fsp3) is 0.375. The van der Waals surface area contributed by atoms with Crippen LogP contribution in [-0.2, 0) is 22.6 Å². The monoisotopic (exact) mass is 365 g/mol. The van der Waals surface area contributed by atoms with E-state index < -0.39 is 0 Å². The van der Waals surface area contributed by atoms with Crippen molar-refractivity contribution in [3.63, 3.8) is 0 Å². The number of carbonyl (C=O) groups excluding carboxylic acids is 2. The van der Waals surface area contributed by atoms with Gasteiger partial charge in [0.2, 0.25) is 17.7 Å². The molecule has 1 fully saturated rings. The lowest BCUT2D eigenvalue weighted by Gasteiger charge is -2.08. The lowest BCUT2D eigenvalue weighted by Crippen LogP contribution is -2.40. The molecule has 1 saturated heterocycles. The largest absolute Gasteiger partial charge is 0.346 e. The summed E-state index contributed by atoms with van der Waals surface area (Å²) < 4.78 is 5.05. The first kappa shape index (κ1) is 18.9. The predicted molar refractivity (Wildman–Crippen MR) is 93.2 cm³/mol. The maximum Gasteiger partial charge on any atom is 0.246 e. The van der Waals surface area contributed by atoms with Crippen molar-refractivity contribution in [2.45, 2.75) is 31.8 Å². The first-order chi connectivity index (χ1) is 11.7. The van der Waals surface area contributed by atoms with E-state index in [4.69, 9.17) is 4.52 Å². The third-order valence-corrected chi connectivity index (χ3v) is 3.68. The van der Waals surface area contributed by atoms with E-state index in [0.29, 0.717) is 5.69 Å². The van der Waals surface area contributed by atoms with Crippen LogP contribution in [0.3, 0.4) is 0 Å². The molecule has 1 atom stereocenters. The molecule has 0 saturated carbocycles. The average molecular weight is 366 g/mol. The van der Waals surface area contributed by atoms with Crippen molar-refractivity contribution in [1.29, 1.82) is 0 Å². The number of nitrogens with zero attached hydrogens (tertiary/aromatic N) is 2. The van der Waals surface area contributed by atoms with Crippen LogP contribution in [0.2, 0.25) is 0 Å². The standard InChI is InChI=1S/C16H19N5O3.ClH/c22-14(19-11-5-2-1-3-6-11)9-13-20-15(24-21-13)10-18-16(23)12-7-4-8-17-12;/h1-3,5-6,12,17H,4,7-10H2,(H,18,23)(H,19,22);1H. The summed E-state index contributed by atoms with van der Waals surface area (Å²) in [5.41, 5.74) is 0.711. The number of carbonyl (C=O) groups is 2. The number of hydrogen-bond donors (Lipinski definition) is 3. The van der Waals surface area contributed by atoms with Gasteiger partial charge in [0.25, 0.3) is 0 Å². The van der Waals surface area contributed by atoms with E-state index in [1.165, 1.54) is 0 Å². The minimum atomic E-state index is -0.229. The number of aromatic nitrogens is 2. The Balaban J connectivity index is 0.00000225. The van der Waals surface area contributed by atoms with Crippen molar-refractivity contribution in [3.8, 4) is 0 Å². The maximum atomic E-state index is 11.9. The topological polar surface area (TPSA) is 109 Å². The third-order valence-electron chi connectivity index (χ3n) is 3.68. The highest BCUT2D eigenvalue weighted by Crippen LogP contribution is 2.07. The molecule has 1 aromatic heterocycles. The molecule has 1 aliphatic rings. The van der Waals surface area contributed by atoms with Crippen molar-refractivity contribution in [1.82, 2.24) is 20.8 Å². The number of nitrogens with one attached hydrogen (secondary N) is 3. The van der Waals surface area contributed by atoms with Crippen LogP contribution in [0.5, 0.6) is 0 Å². The zero-order chi connectivity index (χ0) is 16.8. The zero-order valence-corrected chi connectivity index (χ0v) is 14.3. The number of hydrogen-bond acceptors (Lipinski definition) is 6. The lowest BCUT2D eigenvalue weighted by molar-refractivity contribution is -0.123. The minimum Gasteiger partial charge on any atom is -0.346 e. The SMILES string of the molecule is Cl.O=C(Cc1noc(CNC(=O)C2CCCN2)n1)Nc1ccccc1. The Morgan fingerprint density at radius 1 is 1.28 bits per heavy atom. The second kappa shape index (κ2) is 9.14. The van der Waals surface area contributed by atoms with Crippen LogP contribution in [-0.4, -0.2) is 34.5 Å². The number of halogens is 1. The molecule has 9 heteroatoms. The van der Waals surface area contributed by atoms with Gasteiger partial charge in [-0.1, -0.05) is 23.4 Å². The molecule has 1 unspecified atom stereocenters. The third kappa shape index (κ3) is 5.54. The molecule has 0 bridgehead atoms. The van der Waals surface area contributed by atoms with E-state index >= 15 is 0 Å². The van der Waals surface area contributed by atoms with Crippen LogP contribution in [0.4, 0.5) is 5.69 Å². The summed E-state index contributed by atoms with van der Waals surface area (Å²) in [4.78, 5) is 27.9. The van der Waals surface area contributed by atoms with Crippen LogP contribution in [0.1, 0.15) is 24.6 Å². The van der Waals surface area contributed by atoms with Gasteiger partial charge in [0, 0.05) is 5.69 Å². The summed E-state index contributed by atoms with van der Waals surface area (Å²) in [5.74, 6) is 0.261. The summed E-state index contributed by atoms with van der Waals surface area (Å²) in [7, 11) is 0. The highest BCUT2D eigenvalue weighted by atomic mass is 35.5. The second-order valence-electron chi connectivity index (χ2n) is 5.56. The average Bonchev–Trinajstić information content (AvgIpc) is 3.25. The fourth-order valence-electron chi connectivity index (χ4n) is 2.50. The van der Waals surface area contributed by atoms with Crippen molar-refractivity contribution >= 4 is 29.9 Å². The molecule has 8 nitrogen and oxygen atoms in total. The quantitative estimate of drug-likeness (QED) is 0.705. The maximum absolute atomic E-state index is 11.9. The molecule has 25 heavy (non-hydrogen) atoms. The molecular formula is C16H20ClN5O3. The van der Waals surface area contributed by atoms with Gasteiger partial charge in [-0.2, -0.15) is 4.98 Å². The Labute approximate surface area is 151 Å². The van der Waals surface area contributed by atoms with E-state index in [1.807, 2.05) is 18.2 Å². The molecule has 134 valence electrons. The molecule has 1 aliphatic heterocycles. The van der Waals surface area contributed by atoms with Crippen molar-refractivity contribution in [2.24, 2.45) is 0 Å². The molecule has 0 radical (unpaired) electrons. The van der Waals surface area contributed by atoms with E-state index in [0.717, 1.165) is 19.4 Å². The van der Waals surface area contributed by atoms with E-state index in [-0.39, 0.29) is 54.9 Å². The molecule has 3 N–H and O–H groups in total.